The van der Waals surface area contributed by atoms with E-state index >= 15 is 0 Å². The van der Waals surface area contributed by atoms with Gasteiger partial charge in [0.15, 0.2) is 11.6 Å². The molecule has 136 valence electrons. The fourth-order valence-electron chi connectivity index (χ4n) is 3.08. The van der Waals surface area contributed by atoms with Gasteiger partial charge >= 0.3 is 0 Å². The third-order valence-electron chi connectivity index (χ3n) is 4.35. The van der Waals surface area contributed by atoms with Crippen molar-refractivity contribution < 1.29 is 13.8 Å². The Morgan fingerprint density at radius 2 is 2.00 bits per heavy atom. The van der Waals surface area contributed by atoms with Gasteiger partial charge < -0.3 is 14.4 Å². The molecule has 1 fully saturated rings. The zero-order valence-electron chi connectivity index (χ0n) is 14.9. The lowest BCUT2D eigenvalue weighted by atomic mass is 10.1. The van der Waals surface area contributed by atoms with Crippen LogP contribution < -0.4 is 5.32 Å². The molecule has 1 atom stereocenters. The molecule has 9 nitrogen and oxygen atoms in total. The average Bonchev–Trinajstić information content (AvgIpc) is 3.18. The second kappa shape index (κ2) is 7.75. The first-order chi connectivity index (χ1) is 12.0. The van der Waals surface area contributed by atoms with Gasteiger partial charge in [-0.05, 0) is 13.3 Å². The minimum absolute atomic E-state index is 0.0435. The first kappa shape index (κ1) is 17.6. The minimum Gasteiger partial charge on any atom is -0.360 e. The summed E-state index contributed by atoms with van der Waals surface area (Å²) < 4.78 is 10.00. The third-order valence-corrected chi connectivity index (χ3v) is 4.35. The summed E-state index contributed by atoms with van der Waals surface area (Å²) in [5, 5.41) is 10.6. The van der Waals surface area contributed by atoms with E-state index in [4.69, 9.17) is 9.05 Å². The lowest BCUT2D eigenvalue weighted by Crippen LogP contribution is -2.53. The molecule has 1 amide bonds. The smallest absolute Gasteiger partial charge is 0.242 e. The van der Waals surface area contributed by atoms with Crippen LogP contribution in [-0.2, 0) is 11.3 Å². The molecule has 1 aliphatic rings. The number of carbonyl (C=O) groups excluding carboxylic acids is 1. The summed E-state index contributed by atoms with van der Waals surface area (Å²) >= 11 is 0. The molecule has 2 aromatic heterocycles. The van der Waals surface area contributed by atoms with E-state index < -0.39 is 0 Å². The van der Waals surface area contributed by atoms with Crippen LogP contribution in [0.3, 0.4) is 0 Å². The molecule has 0 bridgehead atoms. The van der Waals surface area contributed by atoms with Gasteiger partial charge in [0.25, 0.3) is 0 Å². The van der Waals surface area contributed by atoms with Gasteiger partial charge in [-0.3, -0.25) is 14.6 Å². The first-order valence-electron chi connectivity index (χ1n) is 8.55. The van der Waals surface area contributed by atoms with Crippen LogP contribution in [0.15, 0.2) is 15.1 Å². The summed E-state index contributed by atoms with van der Waals surface area (Å²) in [6.07, 6.45) is 0.743. The van der Waals surface area contributed by atoms with Gasteiger partial charge in [0.05, 0.1) is 12.6 Å². The molecule has 0 aliphatic carbocycles. The van der Waals surface area contributed by atoms with E-state index in [2.05, 4.69) is 30.4 Å². The highest BCUT2D eigenvalue weighted by atomic mass is 16.5. The van der Waals surface area contributed by atoms with E-state index in [0.29, 0.717) is 29.8 Å². The second-order valence-corrected chi connectivity index (χ2v) is 6.28. The van der Waals surface area contributed by atoms with Crippen molar-refractivity contribution in [3.05, 3.63) is 23.5 Å². The number of aromatic nitrogens is 3. The van der Waals surface area contributed by atoms with Crippen LogP contribution in [0, 0.1) is 13.8 Å². The van der Waals surface area contributed by atoms with Crippen molar-refractivity contribution in [2.24, 2.45) is 0 Å². The Hall–Kier alpha value is -2.26. The van der Waals surface area contributed by atoms with Crippen molar-refractivity contribution in [3.8, 4) is 0 Å². The standard InChI is InChI=1S/C16H24N6O3/c1-4-13(16(23)18-14-9-11(2)24-19-14)22-7-5-21(6-8-22)10-15-17-12(3)25-20-15/h9,13H,4-8,10H2,1-3H3,(H,18,19,23)/t13-/m0/s1. The van der Waals surface area contributed by atoms with E-state index in [1.165, 1.54) is 0 Å². The molecule has 0 radical (unpaired) electrons. The number of amides is 1. The maximum Gasteiger partial charge on any atom is 0.242 e. The number of piperazine rings is 1. The summed E-state index contributed by atoms with van der Waals surface area (Å²) in [6, 6.07) is 1.54. The van der Waals surface area contributed by atoms with E-state index in [1.807, 2.05) is 6.92 Å². The van der Waals surface area contributed by atoms with Crippen LogP contribution in [0.2, 0.25) is 0 Å². The molecule has 0 unspecified atom stereocenters. The van der Waals surface area contributed by atoms with Gasteiger partial charge in [0.2, 0.25) is 11.8 Å². The van der Waals surface area contributed by atoms with E-state index in [0.717, 1.165) is 32.6 Å². The molecule has 1 aliphatic heterocycles. The molecule has 1 saturated heterocycles. The molecular weight excluding hydrogens is 324 g/mol. The molecule has 0 saturated carbocycles. The lowest BCUT2D eigenvalue weighted by molar-refractivity contribution is -0.122. The zero-order valence-corrected chi connectivity index (χ0v) is 14.9. The summed E-state index contributed by atoms with van der Waals surface area (Å²) in [5.41, 5.74) is 0. The van der Waals surface area contributed by atoms with Crippen molar-refractivity contribution in [1.29, 1.82) is 0 Å². The predicted octanol–water partition coefficient (Wildman–Crippen LogP) is 1.21. The van der Waals surface area contributed by atoms with Crippen molar-refractivity contribution in [3.63, 3.8) is 0 Å². The van der Waals surface area contributed by atoms with Crippen molar-refractivity contribution in [2.75, 3.05) is 31.5 Å². The average molecular weight is 348 g/mol. The highest BCUT2D eigenvalue weighted by molar-refractivity contribution is 5.94. The maximum atomic E-state index is 12.5. The highest BCUT2D eigenvalue weighted by Crippen LogP contribution is 2.14. The number of nitrogens with zero attached hydrogens (tertiary/aromatic N) is 5. The van der Waals surface area contributed by atoms with Crippen molar-refractivity contribution in [1.82, 2.24) is 25.1 Å². The topological polar surface area (TPSA) is 101 Å². The second-order valence-electron chi connectivity index (χ2n) is 6.28. The summed E-state index contributed by atoms with van der Waals surface area (Å²) in [5.74, 6) is 2.38. The fraction of sp³-hybridized carbons (Fsp3) is 0.625. The quantitative estimate of drug-likeness (QED) is 0.831. The number of hydrogen-bond acceptors (Lipinski definition) is 8. The van der Waals surface area contributed by atoms with Gasteiger partial charge in [-0.2, -0.15) is 4.98 Å². The third kappa shape index (κ3) is 4.43. The Labute approximate surface area is 146 Å². The van der Waals surface area contributed by atoms with Crippen LogP contribution in [0.25, 0.3) is 0 Å². The summed E-state index contributed by atoms with van der Waals surface area (Å²) in [6.45, 7) is 9.64. The lowest BCUT2D eigenvalue weighted by Gasteiger charge is -2.37. The molecule has 25 heavy (non-hydrogen) atoms. The Balaban J connectivity index is 1.51. The molecule has 3 rings (SSSR count). The Kier molecular flexibility index (Phi) is 5.44. The number of rotatable bonds is 6. The summed E-state index contributed by atoms with van der Waals surface area (Å²) in [7, 11) is 0. The Bertz CT molecular complexity index is 704. The van der Waals surface area contributed by atoms with Gasteiger partial charge in [-0.15, -0.1) is 0 Å². The number of carbonyl (C=O) groups is 1. The molecule has 0 aromatic carbocycles. The number of nitrogens with one attached hydrogen (secondary N) is 1. The SMILES string of the molecule is CC[C@@H](C(=O)Nc1cc(C)on1)N1CCN(Cc2noc(C)n2)CC1. The van der Waals surface area contributed by atoms with Crippen molar-refractivity contribution in [2.45, 2.75) is 39.8 Å². The van der Waals surface area contributed by atoms with E-state index in [1.54, 1.807) is 19.9 Å². The van der Waals surface area contributed by atoms with Crippen LogP contribution in [0.5, 0.6) is 0 Å². The number of aryl methyl sites for hydroxylation is 2. The minimum atomic E-state index is -0.174. The van der Waals surface area contributed by atoms with E-state index in [-0.39, 0.29) is 11.9 Å². The van der Waals surface area contributed by atoms with Gasteiger partial charge in [0.1, 0.15) is 5.76 Å². The molecule has 9 heteroatoms. The van der Waals surface area contributed by atoms with Crippen molar-refractivity contribution >= 4 is 11.7 Å². The predicted molar refractivity (Wildman–Crippen MR) is 89.8 cm³/mol. The van der Waals surface area contributed by atoms with Gasteiger partial charge in [-0.25, -0.2) is 0 Å². The molecule has 1 N–H and O–H groups in total. The van der Waals surface area contributed by atoms with Gasteiger partial charge in [-0.1, -0.05) is 17.2 Å². The monoisotopic (exact) mass is 348 g/mol. The van der Waals surface area contributed by atoms with Crippen LogP contribution >= 0.6 is 0 Å². The zero-order chi connectivity index (χ0) is 17.8. The molecular formula is C16H24N6O3. The van der Waals surface area contributed by atoms with E-state index in [9.17, 15) is 4.79 Å². The fourth-order valence-corrected chi connectivity index (χ4v) is 3.08. The highest BCUT2D eigenvalue weighted by Gasteiger charge is 2.28. The van der Waals surface area contributed by atoms with Crippen LogP contribution in [0.4, 0.5) is 5.82 Å². The molecule has 0 spiro atoms. The Morgan fingerprint density at radius 3 is 2.56 bits per heavy atom. The number of hydrogen-bond donors (Lipinski definition) is 1. The Morgan fingerprint density at radius 1 is 1.24 bits per heavy atom. The summed E-state index contributed by atoms with van der Waals surface area (Å²) in [4.78, 5) is 21.3. The number of anilines is 1. The maximum absolute atomic E-state index is 12.5. The normalized spacial score (nSPS) is 17.6. The largest absolute Gasteiger partial charge is 0.360 e. The van der Waals surface area contributed by atoms with Crippen LogP contribution in [0.1, 0.15) is 30.8 Å². The molecule has 3 heterocycles. The van der Waals surface area contributed by atoms with Crippen LogP contribution in [-0.4, -0.2) is 63.2 Å². The molecule has 2 aromatic rings. The van der Waals surface area contributed by atoms with Gasteiger partial charge in [0, 0.05) is 39.2 Å². The first-order valence-corrected chi connectivity index (χ1v) is 8.55.